The van der Waals surface area contributed by atoms with Crippen molar-refractivity contribution in [2.45, 2.75) is 31.8 Å². The maximum Gasteiger partial charge on any atom is 0.262 e. The maximum atomic E-state index is 13.3. The second kappa shape index (κ2) is 6.95. The van der Waals surface area contributed by atoms with E-state index in [1.807, 2.05) is 29.6 Å². The Hall–Kier alpha value is -2.86. The highest BCUT2D eigenvalue weighted by Crippen LogP contribution is 2.36. The van der Waals surface area contributed by atoms with Crippen LogP contribution in [0.5, 0.6) is 0 Å². The Bertz CT molecular complexity index is 1010. The van der Waals surface area contributed by atoms with E-state index in [9.17, 15) is 4.79 Å². The molecule has 2 aliphatic rings. The predicted molar refractivity (Wildman–Crippen MR) is 111 cm³/mol. The zero-order valence-corrected chi connectivity index (χ0v) is 16.4. The highest BCUT2D eigenvalue weighted by molar-refractivity contribution is 7.10. The van der Waals surface area contributed by atoms with Crippen molar-refractivity contribution in [1.29, 1.82) is 0 Å². The molecule has 1 aromatic carbocycles. The first kappa shape index (κ1) is 17.3. The molecule has 0 aliphatic carbocycles. The molecule has 5 nitrogen and oxygen atoms in total. The van der Waals surface area contributed by atoms with Crippen LogP contribution in [0.15, 0.2) is 69.7 Å². The molecule has 0 bridgehead atoms. The fourth-order valence-electron chi connectivity index (χ4n) is 4.12. The highest BCUT2D eigenvalue weighted by atomic mass is 32.1. The molecule has 1 amide bonds. The van der Waals surface area contributed by atoms with Gasteiger partial charge in [0.25, 0.3) is 5.91 Å². The molecule has 6 heteroatoms. The number of hydrazone groups is 1. The van der Waals surface area contributed by atoms with Crippen LogP contribution in [0.25, 0.3) is 0 Å². The summed E-state index contributed by atoms with van der Waals surface area (Å²) in [5.74, 6) is 0.750. The Balaban J connectivity index is 1.43. The Morgan fingerprint density at radius 1 is 1.18 bits per heavy atom. The van der Waals surface area contributed by atoms with E-state index in [1.54, 1.807) is 22.6 Å². The van der Waals surface area contributed by atoms with Crippen LogP contribution in [-0.2, 0) is 11.2 Å². The lowest BCUT2D eigenvalue weighted by Crippen LogP contribution is -2.40. The molecule has 2 unspecified atom stereocenters. The Kier molecular flexibility index (Phi) is 4.28. The van der Waals surface area contributed by atoms with E-state index in [0.717, 1.165) is 28.5 Å². The normalized spacial score (nSPS) is 21.1. The average molecular weight is 391 g/mol. The third-order valence-electron chi connectivity index (χ3n) is 5.50. The molecule has 28 heavy (non-hydrogen) atoms. The van der Waals surface area contributed by atoms with E-state index in [0.29, 0.717) is 19.0 Å². The van der Waals surface area contributed by atoms with Gasteiger partial charge < -0.3 is 9.32 Å². The third kappa shape index (κ3) is 2.94. The van der Waals surface area contributed by atoms with E-state index in [-0.39, 0.29) is 11.9 Å². The summed E-state index contributed by atoms with van der Waals surface area (Å²) < 4.78 is 5.53. The number of benzene rings is 1. The Morgan fingerprint density at radius 3 is 2.86 bits per heavy atom. The lowest BCUT2D eigenvalue weighted by Gasteiger charge is -2.28. The summed E-state index contributed by atoms with van der Waals surface area (Å²) in [6.45, 7) is 2.50. The number of furan rings is 1. The monoisotopic (exact) mass is 391 g/mol. The fourth-order valence-corrected chi connectivity index (χ4v) is 4.93. The summed E-state index contributed by atoms with van der Waals surface area (Å²) >= 11 is 1.66. The number of carbonyl (C=O) groups excluding carboxylic acids is 1. The number of fused-ring (bicyclic) bond motifs is 1. The minimum atomic E-state index is -0.0687. The summed E-state index contributed by atoms with van der Waals surface area (Å²) in [4.78, 5) is 16.7. The number of hydrogen-bond donors (Lipinski definition) is 0. The van der Waals surface area contributed by atoms with Crippen molar-refractivity contribution < 1.29 is 9.21 Å². The predicted octanol–water partition coefficient (Wildman–Crippen LogP) is 4.47. The van der Waals surface area contributed by atoms with Crippen molar-refractivity contribution in [2.24, 2.45) is 5.10 Å². The molecule has 142 valence electrons. The van der Waals surface area contributed by atoms with Gasteiger partial charge in [0.2, 0.25) is 0 Å². The van der Waals surface area contributed by atoms with E-state index in [1.165, 1.54) is 5.56 Å². The van der Waals surface area contributed by atoms with E-state index >= 15 is 0 Å². The summed E-state index contributed by atoms with van der Waals surface area (Å²) in [6, 6.07) is 16.4. The van der Waals surface area contributed by atoms with Crippen LogP contribution in [0, 0.1) is 0 Å². The van der Waals surface area contributed by atoms with E-state index in [4.69, 9.17) is 4.42 Å². The van der Waals surface area contributed by atoms with Gasteiger partial charge in [0.15, 0.2) is 0 Å². The standard InChI is InChI=1S/C22H21N3O2S/c1-15-12-16-6-2-3-7-18(16)24(15)14-22(26)25-19(21-9-5-11-28-21)13-17(23-25)20-8-4-10-27-20/h2-11,15,19H,12-14H2,1H3. The van der Waals surface area contributed by atoms with Crippen molar-refractivity contribution in [1.82, 2.24) is 5.01 Å². The zero-order valence-electron chi connectivity index (χ0n) is 15.6. The summed E-state index contributed by atoms with van der Waals surface area (Å²) in [7, 11) is 0. The minimum Gasteiger partial charge on any atom is -0.463 e. The van der Waals surface area contributed by atoms with Crippen LogP contribution in [0.4, 0.5) is 5.69 Å². The molecular formula is C22H21N3O2S. The van der Waals surface area contributed by atoms with Crippen LogP contribution in [-0.4, -0.2) is 29.2 Å². The van der Waals surface area contributed by atoms with Crippen LogP contribution in [0.2, 0.25) is 0 Å². The van der Waals surface area contributed by atoms with Crippen molar-refractivity contribution in [2.75, 3.05) is 11.4 Å². The van der Waals surface area contributed by atoms with E-state index < -0.39 is 0 Å². The van der Waals surface area contributed by atoms with Gasteiger partial charge in [0.1, 0.15) is 11.5 Å². The van der Waals surface area contributed by atoms with E-state index in [2.05, 4.69) is 41.2 Å². The molecule has 2 aliphatic heterocycles. The first-order chi connectivity index (χ1) is 13.7. The van der Waals surface area contributed by atoms with Crippen LogP contribution >= 0.6 is 11.3 Å². The molecule has 0 saturated carbocycles. The smallest absolute Gasteiger partial charge is 0.262 e. The van der Waals surface area contributed by atoms with Gasteiger partial charge in [-0.1, -0.05) is 24.3 Å². The average Bonchev–Trinajstić information content (AvgIpc) is 3.48. The van der Waals surface area contributed by atoms with Gasteiger partial charge in [-0.3, -0.25) is 4.79 Å². The molecule has 0 N–H and O–H groups in total. The second-order valence-electron chi connectivity index (χ2n) is 7.31. The molecule has 0 spiro atoms. The first-order valence-electron chi connectivity index (χ1n) is 9.52. The van der Waals surface area contributed by atoms with Gasteiger partial charge in [-0.25, -0.2) is 5.01 Å². The van der Waals surface area contributed by atoms with Crippen molar-refractivity contribution in [3.05, 3.63) is 76.4 Å². The number of rotatable bonds is 4. The second-order valence-corrected chi connectivity index (χ2v) is 8.29. The Morgan fingerprint density at radius 2 is 2.07 bits per heavy atom. The molecule has 3 aromatic rings. The topological polar surface area (TPSA) is 49.1 Å². The highest BCUT2D eigenvalue weighted by Gasteiger charge is 2.36. The van der Waals surface area contributed by atoms with Crippen molar-refractivity contribution >= 4 is 28.6 Å². The van der Waals surface area contributed by atoms with Crippen molar-refractivity contribution in [3.8, 4) is 0 Å². The number of carbonyl (C=O) groups is 1. The lowest BCUT2D eigenvalue weighted by atomic mass is 10.1. The van der Waals surface area contributed by atoms with Crippen molar-refractivity contribution in [3.63, 3.8) is 0 Å². The summed E-state index contributed by atoms with van der Waals surface area (Å²) in [6.07, 6.45) is 3.29. The largest absolute Gasteiger partial charge is 0.463 e. The van der Waals surface area contributed by atoms with Gasteiger partial charge in [-0.15, -0.1) is 11.3 Å². The maximum absolute atomic E-state index is 13.3. The molecule has 2 atom stereocenters. The molecule has 4 heterocycles. The summed E-state index contributed by atoms with van der Waals surface area (Å²) in [5.41, 5.74) is 3.29. The number of nitrogens with zero attached hydrogens (tertiary/aromatic N) is 3. The number of hydrogen-bond acceptors (Lipinski definition) is 5. The fraction of sp³-hybridized carbons (Fsp3) is 0.273. The number of para-hydroxylation sites is 1. The lowest BCUT2D eigenvalue weighted by molar-refractivity contribution is -0.131. The van der Waals surface area contributed by atoms with Gasteiger partial charge in [-0.2, -0.15) is 5.10 Å². The molecular weight excluding hydrogens is 370 g/mol. The molecule has 0 fully saturated rings. The molecule has 0 radical (unpaired) electrons. The minimum absolute atomic E-state index is 0.0171. The molecule has 2 aromatic heterocycles. The number of anilines is 1. The van der Waals surface area contributed by atoms with Crippen LogP contribution in [0.3, 0.4) is 0 Å². The third-order valence-corrected chi connectivity index (χ3v) is 6.47. The van der Waals surface area contributed by atoms with Gasteiger partial charge in [0, 0.05) is 23.0 Å². The van der Waals surface area contributed by atoms with Crippen LogP contribution < -0.4 is 4.90 Å². The van der Waals surface area contributed by atoms with Gasteiger partial charge in [-0.05, 0) is 48.6 Å². The van der Waals surface area contributed by atoms with Gasteiger partial charge >= 0.3 is 0 Å². The molecule has 5 rings (SSSR count). The SMILES string of the molecule is CC1Cc2ccccc2N1CC(=O)N1N=C(c2ccco2)CC1c1cccs1. The number of amides is 1. The molecule has 0 saturated heterocycles. The first-order valence-corrected chi connectivity index (χ1v) is 10.4. The van der Waals surface area contributed by atoms with Crippen LogP contribution in [0.1, 0.15) is 35.6 Å². The summed E-state index contributed by atoms with van der Waals surface area (Å²) in [5, 5.41) is 8.38. The number of thiophene rings is 1. The van der Waals surface area contributed by atoms with Gasteiger partial charge in [0.05, 0.1) is 18.8 Å². The quantitative estimate of drug-likeness (QED) is 0.659. The zero-order chi connectivity index (χ0) is 19.1. The Labute approximate surface area is 167 Å².